The summed E-state index contributed by atoms with van der Waals surface area (Å²) in [4.78, 5) is 24.4. The van der Waals surface area contributed by atoms with Crippen LogP contribution in [0.4, 0.5) is 4.79 Å². The van der Waals surface area contributed by atoms with E-state index < -0.39 is 5.41 Å². The molecule has 4 N–H and O–H groups in total. The second-order valence-electron chi connectivity index (χ2n) is 4.50. The van der Waals surface area contributed by atoms with Crippen LogP contribution in [0.25, 0.3) is 0 Å². The molecule has 0 bridgehead atoms. The van der Waals surface area contributed by atoms with Gasteiger partial charge in [0.1, 0.15) is 0 Å². The first-order chi connectivity index (χ1) is 7.87. The van der Waals surface area contributed by atoms with Crippen LogP contribution in [0.5, 0.6) is 0 Å². The van der Waals surface area contributed by atoms with Gasteiger partial charge in [0.25, 0.3) is 0 Å². The average molecular weight is 244 g/mol. The summed E-state index contributed by atoms with van der Waals surface area (Å²) in [6.07, 6.45) is 0.694. The molecular weight excluding hydrogens is 220 g/mol. The maximum atomic E-state index is 11.8. The van der Waals surface area contributed by atoms with Gasteiger partial charge in [0.15, 0.2) is 0 Å². The molecule has 0 aromatic heterocycles. The summed E-state index contributed by atoms with van der Waals surface area (Å²) in [5.41, 5.74) is 5.05. The molecule has 6 nitrogen and oxygen atoms in total. The molecule has 1 unspecified atom stereocenters. The lowest BCUT2D eigenvalue weighted by molar-refractivity contribution is -0.129. The first kappa shape index (κ1) is 15.7. The van der Waals surface area contributed by atoms with Crippen LogP contribution in [0, 0.1) is 5.41 Å². The minimum Gasteiger partial charge on any atom is -0.354 e. The second kappa shape index (κ2) is 7.11. The molecule has 0 aromatic rings. The third-order valence-corrected chi connectivity index (χ3v) is 2.87. The summed E-state index contributed by atoms with van der Waals surface area (Å²) < 4.78 is 0. The van der Waals surface area contributed by atoms with Crippen molar-refractivity contribution in [2.24, 2.45) is 11.1 Å². The van der Waals surface area contributed by atoms with Crippen molar-refractivity contribution in [3.63, 3.8) is 0 Å². The van der Waals surface area contributed by atoms with Crippen molar-refractivity contribution in [1.82, 2.24) is 15.5 Å². The van der Waals surface area contributed by atoms with Gasteiger partial charge >= 0.3 is 6.03 Å². The fourth-order valence-corrected chi connectivity index (χ4v) is 1.11. The molecule has 3 amide bonds. The number of nitrogens with zero attached hydrogens (tertiary/aromatic N) is 1. The van der Waals surface area contributed by atoms with Crippen LogP contribution < -0.4 is 16.4 Å². The van der Waals surface area contributed by atoms with Crippen LogP contribution in [-0.4, -0.2) is 50.6 Å². The van der Waals surface area contributed by atoms with Crippen molar-refractivity contribution in [1.29, 1.82) is 0 Å². The number of nitrogens with one attached hydrogen (secondary N) is 2. The quantitative estimate of drug-likeness (QED) is 0.563. The first-order valence-corrected chi connectivity index (χ1v) is 5.81. The van der Waals surface area contributed by atoms with Gasteiger partial charge in [-0.05, 0) is 13.3 Å². The number of carbonyl (C=O) groups excluding carboxylic acids is 2. The molecule has 0 spiro atoms. The van der Waals surface area contributed by atoms with E-state index in [0.29, 0.717) is 26.1 Å². The maximum Gasteiger partial charge on any atom is 0.316 e. The van der Waals surface area contributed by atoms with Crippen LogP contribution in [0.1, 0.15) is 20.3 Å². The van der Waals surface area contributed by atoms with Gasteiger partial charge in [-0.2, -0.15) is 0 Å². The lowest BCUT2D eigenvalue weighted by atomic mass is 9.87. The lowest BCUT2D eigenvalue weighted by Gasteiger charge is -2.25. The van der Waals surface area contributed by atoms with E-state index in [1.54, 1.807) is 14.1 Å². The molecule has 0 radical (unpaired) electrons. The van der Waals surface area contributed by atoms with Crippen molar-refractivity contribution in [3.05, 3.63) is 0 Å². The van der Waals surface area contributed by atoms with Crippen LogP contribution in [0.2, 0.25) is 0 Å². The number of carbonyl (C=O) groups is 2. The Hall–Kier alpha value is -1.30. The van der Waals surface area contributed by atoms with Crippen LogP contribution >= 0.6 is 0 Å². The Morgan fingerprint density at radius 2 is 1.76 bits per heavy atom. The minimum atomic E-state index is -0.522. The largest absolute Gasteiger partial charge is 0.354 e. The molecule has 100 valence electrons. The topological polar surface area (TPSA) is 87.5 Å². The van der Waals surface area contributed by atoms with Crippen molar-refractivity contribution in [2.45, 2.75) is 20.3 Å². The van der Waals surface area contributed by atoms with E-state index in [0.717, 1.165) is 0 Å². The summed E-state index contributed by atoms with van der Waals surface area (Å²) in [6.45, 7) is 4.90. The monoisotopic (exact) mass is 244 g/mol. The van der Waals surface area contributed by atoms with E-state index in [-0.39, 0.29) is 11.9 Å². The zero-order valence-corrected chi connectivity index (χ0v) is 11.2. The van der Waals surface area contributed by atoms with Crippen LogP contribution in [0.3, 0.4) is 0 Å². The molecule has 0 saturated heterocycles. The van der Waals surface area contributed by atoms with Gasteiger partial charge in [-0.1, -0.05) is 6.92 Å². The van der Waals surface area contributed by atoms with Crippen molar-refractivity contribution < 1.29 is 9.59 Å². The van der Waals surface area contributed by atoms with Crippen molar-refractivity contribution in [3.8, 4) is 0 Å². The Labute approximate surface area is 103 Å². The predicted molar refractivity (Wildman–Crippen MR) is 67.5 cm³/mol. The lowest BCUT2D eigenvalue weighted by Crippen LogP contribution is -2.46. The van der Waals surface area contributed by atoms with Gasteiger partial charge in [0, 0.05) is 33.7 Å². The van der Waals surface area contributed by atoms with Crippen molar-refractivity contribution in [2.75, 3.05) is 33.7 Å². The number of urea groups is 1. The van der Waals surface area contributed by atoms with Crippen LogP contribution in [0.15, 0.2) is 0 Å². The van der Waals surface area contributed by atoms with Gasteiger partial charge in [-0.3, -0.25) is 4.79 Å². The fourth-order valence-electron chi connectivity index (χ4n) is 1.11. The standard InChI is InChI=1S/C11H24N4O2/c1-5-11(2,8-12)9(16)13-6-7-14-10(17)15(3)4/h5-8,12H2,1-4H3,(H,13,16)(H,14,17). The molecule has 17 heavy (non-hydrogen) atoms. The smallest absolute Gasteiger partial charge is 0.316 e. The van der Waals surface area contributed by atoms with E-state index >= 15 is 0 Å². The van der Waals surface area contributed by atoms with Gasteiger partial charge in [0.05, 0.1) is 5.41 Å². The highest BCUT2D eigenvalue weighted by Crippen LogP contribution is 2.18. The van der Waals surface area contributed by atoms with E-state index in [4.69, 9.17) is 5.73 Å². The molecule has 6 heteroatoms. The highest BCUT2D eigenvalue weighted by Gasteiger charge is 2.28. The fraction of sp³-hybridized carbons (Fsp3) is 0.818. The Bertz CT molecular complexity index is 262. The Balaban J connectivity index is 3.90. The molecule has 0 aliphatic heterocycles. The van der Waals surface area contributed by atoms with E-state index in [1.807, 2.05) is 13.8 Å². The molecular formula is C11H24N4O2. The number of hydrogen-bond acceptors (Lipinski definition) is 3. The second-order valence-corrected chi connectivity index (χ2v) is 4.50. The zero-order chi connectivity index (χ0) is 13.5. The SMILES string of the molecule is CCC(C)(CN)C(=O)NCCNC(=O)N(C)C. The third kappa shape index (κ3) is 5.04. The normalized spacial score (nSPS) is 13.7. The number of nitrogens with two attached hydrogens (primary N) is 1. The van der Waals surface area contributed by atoms with E-state index in [2.05, 4.69) is 10.6 Å². The van der Waals surface area contributed by atoms with Gasteiger partial charge in [-0.15, -0.1) is 0 Å². The molecule has 0 heterocycles. The first-order valence-electron chi connectivity index (χ1n) is 5.81. The number of rotatable bonds is 6. The van der Waals surface area contributed by atoms with Crippen LogP contribution in [-0.2, 0) is 4.79 Å². The van der Waals surface area contributed by atoms with Gasteiger partial charge in [-0.25, -0.2) is 4.79 Å². The van der Waals surface area contributed by atoms with Crippen molar-refractivity contribution >= 4 is 11.9 Å². The zero-order valence-electron chi connectivity index (χ0n) is 11.2. The molecule has 0 aromatic carbocycles. The average Bonchev–Trinajstić information content (AvgIpc) is 2.32. The summed E-state index contributed by atoms with van der Waals surface area (Å²) in [5.74, 6) is -0.0680. The molecule has 0 aliphatic rings. The molecule has 0 fully saturated rings. The van der Waals surface area contributed by atoms with E-state index in [1.165, 1.54) is 4.90 Å². The highest BCUT2D eigenvalue weighted by molar-refractivity contribution is 5.82. The predicted octanol–water partition coefficient (Wildman–Crippen LogP) is -0.251. The maximum absolute atomic E-state index is 11.8. The van der Waals surface area contributed by atoms with Gasteiger partial charge in [0.2, 0.25) is 5.91 Å². The minimum absolute atomic E-state index is 0.0680. The molecule has 0 aliphatic carbocycles. The molecule has 1 atom stereocenters. The Morgan fingerprint density at radius 3 is 2.18 bits per heavy atom. The Morgan fingerprint density at radius 1 is 1.24 bits per heavy atom. The summed E-state index contributed by atoms with van der Waals surface area (Å²) in [6, 6.07) is -0.170. The third-order valence-electron chi connectivity index (χ3n) is 2.87. The molecule has 0 rings (SSSR count). The highest BCUT2D eigenvalue weighted by atomic mass is 16.2. The Kier molecular flexibility index (Phi) is 6.57. The summed E-state index contributed by atoms with van der Waals surface area (Å²) >= 11 is 0. The summed E-state index contributed by atoms with van der Waals surface area (Å²) in [5, 5.41) is 5.43. The van der Waals surface area contributed by atoms with Gasteiger partial charge < -0.3 is 21.3 Å². The summed E-state index contributed by atoms with van der Waals surface area (Å²) in [7, 11) is 3.33. The number of amides is 3. The molecule has 0 saturated carbocycles. The van der Waals surface area contributed by atoms with E-state index in [9.17, 15) is 9.59 Å². The number of hydrogen-bond donors (Lipinski definition) is 3.